The third-order valence-corrected chi connectivity index (χ3v) is 4.42. The molecule has 2 aliphatic carbocycles. The van der Waals surface area contributed by atoms with Gasteiger partial charge in [0.2, 0.25) is 5.91 Å². The first-order chi connectivity index (χ1) is 8.74. The lowest BCUT2D eigenvalue weighted by Gasteiger charge is -2.26. The monoisotopic (exact) mass is 252 g/mol. The summed E-state index contributed by atoms with van der Waals surface area (Å²) in [4.78, 5) is 14.5. The highest BCUT2D eigenvalue weighted by Crippen LogP contribution is 2.34. The molecule has 0 bridgehead atoms. The van der Waals surface area contributed by atoms with E-state index in [1.807, 2.05) is 0 Å². The van der Waals surface area contributed by atoms with Gasteiger partial charge >= 0.3 is 0 Å². The fourth-order valence-corrected chi connectivity index (χ4v) is 2.86. The zero-order valence-electron chi connectivity index (χ0n) is 11.0. The summed E-state index contributed by atoms with van der Waals surface area (Å²) in [7, 11) is 0. The first-order valence-electron chi connectivity index (χ1n) is 7.37. The topological polar surface area (TPSA) is 55.6 Å². The smallest absolute Gasteiger partial charge is 0.224 e. The summed E-state index contributed by atoms with van der Waals surface area (Å²) in [6.07, 6.45) is 6.44. The van der Waals surface area contributed by atoms with Crippen LogP contribution in [0.2, 0.25) is 0 Å². The Morgan fingerprint density at radius 3 is 2.61 bits per heavy atom. The average molecular weight is 252 g/mol. The largest absolute Gasteiger partial charge is 0.381 e. The summed E-state index contributed by atoms with van der Waals surface area (Å²) in [5, 5.41) is 0. The molecule has 2 saturated carbocycles. The normalized spacial score (nSPS) is 29.3. The highest BCUT2D eigenvalue weighted by Gasteiger charge is 2.37. The van der Waals surface area contributed by atoms with Crippen molar-refractivity contribution in [2.45, 2.75) is 50.6 Å². The predicted octanol–water partition coefficient (Wildman–Crippen LogP) is 1.14. The molecule has 2 atom stereocenters. The van der Waals surface area contributed by atoms with Crippen LogP contribution in [0, 0.1) is 11.8 Å². The first kappa shape index (κ1) is 12.4. The van der Waals surface area contributed by atoms with E-state index in [4.69, 9.17) is 10.5 Å². The number of carbonyl (C=O) groups excluding carboxylic acids is 1. The highest BCUT2D eigenvalue weighted by molar-refractivity contribution is 5.77. The third-order valence-electron chi connectivity index (χ3n) is 4.42. The molecule has 2 unspecified atom stereocenters. The van der Waals surface area contributed by atoms with Gasteiger partial charge in [0.25, 0.3) is 0 Å². The molecule has 0 radical (unpaired) electrons. The molecule has 102 valence electrons. The van der Waals surface area contributed by atoms with Crippen molar-refractivity contribution in [3.05, 3.63) is 0 Å². The second-order valence-electron chi connectivity index (χ2n) is 6.21. The molecule has 4 heteroatoms. The van der Waals surface area contributed by atoms with E-state index < -0.39 is 0 Å². The Kier molecular flexibility index (Phi) is 3.57. The number of nitrogens with zero attached hydrogens (tertiary/aromatic N) is 1. The molecule has 1 heterocycles. The molecule has 0 aromatic rings. The number of rotatable bonds is 6. The van der Waals surface area contributed by atoms with Crippen molar-refractivity contribution < 1.29 is 9.53 Å². The summed E-state index contributed by atoms with van der Waals surface area (Å²) in [5.41, 5.74) is 6.07. The van der Waals surface area contributed by atoms with Gasteiger partial charge in [0, 0.05) is 37.6 Å². The number of amides is 1. The molecular weight excluding hydrogens is 228 g/mol. The Morgan fingerprint density at radius 2 is 2.06 bits per heavy atom. The zero-order chi connectivity index (χ0) is 12.5. The van der Waals surface area contributed by atoms with Crippen molar-refractivity contribution in [3.8, 4) is 0 Å². The number of carbonyl (C=O) groups is 1. The maximum Gasteiger partial charge on any atom is 0.224 e. The van der Waals surface area contributed by atoms with E-state index in [1.54, 1.807) is 0 Å². The lowest BCUT2D eigenvalue weighted by Crippen LogP contribution is -2.40. The van der Waals surface area contributed by atoms with Gasteiger partial charge < -0.3 is 15.4 Å². The maximum absolute atomic E-state index is 12.4. The Labute approximate surface area is 109 Å². The molecule has 3 rings (SSSR count). The second-order valence-corrected chi connectivity index (χ2v) is 6.21. The van der Waals surface area contributed by atoms with Gasteiger partial charge in [-0.25, -0.2) is 0 Å². The van der Waals surface area contributed by atoms with Crippen molar-refractivity contribution in [3.63, 3.8) is 0 Å². The first-order valence-corrected chi connectivity index (χ1v) is 7.37. The van der Waals surface area contributed by atoms with Crippen molar-refractivity contribution in [2.24, 2.45) is 17.6 Å². The summed E-state index contributed by atoms with van der Waals surface area (Å²) < 4.78 is 5.40. The Hall–Kier alpha value is -0.610. The van der Waals surface area contributed by atoms with Crippen LogP contribution in [0.15, 0.2) is 0 Å². The van der Waals surface area contributed by atoms with Crippen LogP contribution < -0.4 is 5.73 Å². The van der Waals surface area contributed by atoms with Crippen LogP contribution in [-0.4, -0.2) is 42.6 Å². The molecule has 1 aliphatic heterocycles. The van der Waals surface area contributed by atoms with Crippen molar-refractivity contribution in [2.75, 3.05) is 19.8 Å². The Morgan fingerprint density at radius 1 is 1.28 bits per heavy atom. The van der Waals surface area contributed by atoms with E-state index in [2.05, 4.69) is 4.90 Å². The molecule has 18 heavy (non-hydrogen) atoms. The maximum atomic E-state index is 12.4. The minimum absolute atomic E-state index is 0.0959. The van der Waals surface area contributed by atoms with E-state index in [1.165, 1.54) is 25.7 Å². The van der Waals surface area contributed by atoms with Crippen LogP contribution in [-0.2, 0) is 9.53 Å². The number of ether oxygens (including phenoxy) is 1. The summed E-state index contributed by atoms with van der Waals surface area (Å²) in [6, 6.07) is 0.600. The van der Waals surface area contributed by atoms with Gasteiger partial charge in [0.1, 0.15) is 0 Å². The molecule has 0 spiro atoms. The third kappa shape index (κ3) is 3.04. The summed E-state index contributed by atoms with van der Waals surface area (Å²) >= 11 is 0. The lowest BCUT2D eigenvalue weighted by molar-refractivity contribution is -0.132. The van der Waals surface area contributed by atoms with Gasteiger partial charge in [-0.15, -0.1) is 0 Å². The second kappa shape index (κ2) is 5.17. The highest BCUT2D eigenvalue weighted by atomic mass is 16.5. The van der Waals surface area contributed by atoms with E-state index in [0.717, 1.165) is 26.2 Å². The molecule has 0 aromatic heterocycles. The van der Waals surface area contributed by atoms with E-state index >= 15 is 0 Å². The predicted molar refractivity (Wildman–Crippen MR) is 69.0 cm³/mol. The molecule has 3 fully saturated rings. The fourth-order valence-electron chi connectivity index (χ4n) is 2.86. The molecule has 1 amide bonds. The summed E-state index contributed by atoms with van der Waals surface area (Å²) in [5.74, 6) is 1.44. The molecule has 2 N–H and O–H groups in total. The number of hydrogen-bond donors (Lipinski definition) is 1. The number of hydrogen-bond acceptors (Lipinski definition) is 3. The quantitative estimate of drug-likeness (QED) is 0.771. The molecule has 0 aromatic carbocycles. The van der Waals surface area contributed by atoms with Crippen molar-refractivity contribution in [1.29, 1.82) is 0 Å². The van der Waals surface area contributed by atoms with Crippen LogP contribution in [0.1, 0.15) is 38.5 Å². The SMILES string of the molecule is NC(CC(=O)N(CC1CCOC1)C1CC1)C1CC1. The molecule has 4 nitrogen and oxygen atoms in total. The molecule has 3 aliphatic rings. The minimum atomic E-state index is 0.0959. The van der Waals surface area contributed by atoms with Gasteiger partial charge in [0.05, 0.1) is 6.61 Å². The van der Waals surface area contributed by atoms with E-state index in [9.17, 15) is 4.79 Å². The standard InChI is InChI=1S/C14H24N2O2/c15-13(11-1-2-11)7-14(17)16(12-3-4-12)8-10-5-6-18-9-10/h10-13H,1-9,15H2. The Balaban J connectivity index is 1.52. The van der Waals surface area contributed by atoms with Crippen LogP contribution in [0.3, 0.4) is 0 Å². The van der Waals surface area contributed by atoms with Gasteiger partial charge in [0.15, 0.2) is 0 Å². The van der Waals surface area contributed by atoms with Gasteiger partial charge in [-0.2, -0.15) is 0 Å². The Bertz CT molecular complexity index is 307. The minimum Gasteiger partial charge on any atom is -0.381 e. The summed E-state index contributed by atoms with van der Waals surface area (Å²) in [6.45, 7) is 2.57. The molecule has 1 saturated heterocycles. The average Bonchev–Trinajstić information content (AvgIpc) is 3.25. The van der Waals surface area contributed by atoms with Gasteiger partial charge in [-0.1, -0.05) is 0 Å². The number of nitrogens with two attached hydrogens (primary N) is 1. The lowest BCUT2D eigenvalue weighted by atomic mass is 10.1. The van der Waals surface area contributed by atoms with Crippen LogP contribution in [0.5, 0.6) is 0 Å². The molecular formula is C14H24N2O2. The van der Waals surface area contributed by atoms with Crippen LogP contribution in [0.4, 0.5) is 0 Å². The van der Waals surface area contributed by atoms with Crippen molar-refractivity contribution >= 4 is 5.91 Å². The van der Waals surface area contributed by atoms with Gasteiger partial charge in [-0.3, -0.25) is 4.79 Å². The fraction of sp³-hybridized carbons (Fsp3) is 0.929. The zero-order valence-corrected chi connectivity index (χ0v) is 11.0. The van der Waals surface area contributed by atoms with Gasteiger partial charge in [-0.05, 0) is 38.0 Å². The van der Waals surface area contributed by atoms with Crippen molar-refractivity contribution in [1.82, 2.24) is 4.90 Å². The van der Waals surface area contributed by atoms with E-state index in [0.29, 0.717) is 24.3 Å². The van der Waals surface area contributed by atoms with Crippen LogP contribution >= 0.6 is 0 Å². The van der Waals surface area contributed by atoms with Crippen LogP contribution in [0.25, 0.3) is 0 Å². The van der Waals surface area contributed by atoms with E-state index in [-0.39, 0.29) is 11.9 Å².